The zero-order chi connectivity index (χ0) is 78.0. The summed E-state index contributed by atoms with van der Waals surface area (Å²) in [6.45, 7) is 23.1. The molecule has 0 bridgehead atoms. The minimum atomic E-state index is -1.68. The Kier molecular flexibility index (Phi) is 38.1. The third kappa shape index (κ3) is 28.1. The molecular formula is C75H127ClN12O15. The van der Waals surface area contributed by atoms with Gasteiger partial charge in [0.2, 0.25) is 70.9 Å². The maximum Gasteiger partial charge on any atom is 0.248 e. The number of nitrogens with one attached hydrogen (secondary N) is 4. The first-order valence-corrected chi connectivity index (χ1v) is 37.4. The lowest BCUT2D eigenvalue weighted by Crippen LogP contribution is -2.62. The minimum absolute atomic E-state index is 0.0374. The van der Waals surface area contributed by atoms with Crippen LogP contribution in [-0.2, 0) is 68.7 Å². The van der Waals surface area contributed by atoms with Gasteiger partial charge in [0.1, 0.15) is 54.4 Å². The van der Waals surface area contributed by atoms with E-state index in [4.69, 9.17) is 16.3 Å². The van der Waals surface area contributed by atoms with Gasteiger partial charge in [-0.3, -0.25) is 57.5 Å². The number of hydrogen-bond donors (Lipinski definition) is 6. The Balaban J connectivity index is 2.36. The van der Waals surface area contributed by atoms with Crippen molar-refractivity contribution in [3.05, 3.63) is 34.9 Å². The molecule has 1 aromatic carbocycles. The Bertz CT molecular complexity index is 2980. The topological polar surface area (TPSA) is 329 Å². The van der Waals surface area contributed by atoms with E-state index in [-0.39, 0.29) is 120 Å². The van der Waals surface area contributed by atoms with Crippen molar-refractivity contribution < 1.29 is 72.5 Å². The van der Waals surface area contributed by atoms with Gasteiger partial charge in [-0.05, 0) is 124 Å². The number of piperidine rings is 1. The highest BCUT2D eigenvalue weighted by Crippen LogP contribution is 2.25. The van der Waals surface area contributed by atoms with Gasteiger partial charge in [0.15, 0.2) is 0 Å². The van der Waals surface area contributed by atoms with E-state index < -0.39 is 150 Å². The van der Waals surface area contributed by atoms with Crippen LogP contribution in [0.4, 0.5) is 0 Å². The fourth-order valence-corrected chi connectivity index (χ4v) is 13.4. The van der Waals surface area contributed by atoms with Crippen LogP contribution in [0.15, 0.2) is 24.3 Å². The van der Waals surface area contributed by atoms with E-state index in [1.165, 1.54) is 85.7 Å². The number of carbonyl (C=O) groups excluding carboxylic acids is 12. The van der Waals surface area contributed by atoms with E-state index in [9.17, 15) is 39.0 Å². The van der Waals surface area contributed by atoms with Gasteiger partial charge in [-0.2, -0.15) is 0 Å². The molecule has 2 aliphatic heterocycles. The highest BCUT2D eigenvalue weighted by molar-refractivity contribution is 6.30. The van der Waals surface area contributed by atoms with Crippen LogP contribution in [0, 0.1) is 41.4 Å². The molecule has 0 spiro atoms. The fraction of sp³-hybridized carbons (Fsp3) is 0.760. The van der Waals surface area contributed by atoms with Crippen LogP contribution in [0.25, 0.3) is 0 Å². The van der Waals surface area contributed by atoms with Crippen LogP contribution in [0.1, 0.15) is 173 Å². The van der Waals surface area contributed by atoms with Gasteiger partial charge in [-0.15, -0.1) is 0 Å². The normalized spacial score (nSPS) is 25.2. The fourth-order valence-electron chi connectivity index (χ4n) is 13.2. The second kappa shape index (κ2) is 43.5. The van der Waals surface area contributed by atoms with E-state index in [0.717, 1.165) is 11.3 Å². The molecule has 28 heteroatoms. The van der Waals surface area contributed by atoms with Crippen LogP contribution < -0.4 is 21.3 Å². The summed E-state index contributed by atoms with van der Waals surface area (Å²) in [5.74, 6) is -10.2. The molecule has 11 atom stereocenters. The van der Waals surface area contributed by atoms with Crippen LogP contribution in [0.5, 0.6) is 0 Å². The number of amides is 12. The zero-order valence-electron chi connectivity index (χ0n) is 65.4. The molecule has 0 saturated carbocycles. The molecule has 2 aliphatic rings. The lowest BCUT2D eigenvalue weighted by Gasteiger charge is -2.38. The van der Waals surface area contributed by atoms with E-state index in [1.807, 2.05) is 83.1 Å². The molecular weight excluding hydrogens is 1340 g/mol. The SMILES string of the molecule is CC(C)C[C@@H]1NC(=O)[C@H](CC(C)C)N(C)C(=O)[C@H](Cc2cccc(Cl)c2)N(C)C(=O)[C@H](COCCO)CNC(=O)[C@H](CC(C)C)N(C)C(=O)CCCN(C)C(=O)C[C@@H](C(=O)N2CCCCC2)NC(=O)[C@H](CC(C)C)N(C)C(=O)[C@H](CC(C)C)N(C)C(=O)[C@H]([C@@H](C)O)NC(=O)[C@H](CC(C)C)N(C)C1=O. The number of ether oxygens (including phenoxy) is 1. The molecule has 0 unspecified atom stereocenters. The van der Waals surface area contributed by atoms with E-state index in [2.05, 4.69) is 21.3 Å². The smallest absolute Gasteiger partial charge is 0.248 e. The third-order valence-electron chi connectivity index (χ3n) is 19.3. The highest BCUT2D eigenvalue weighted by atomic mass is 35.5. The highest BCUT2D eigenvalue weighted by Gasteiger charge is 2.44. The number of benzene rings is 1. The Morgan fingerprint density at radius 3 is 1.47 bits per heavy atom. The van der Waals surface area contributed by atoms with Gasteiger partial charge in [-0.25, -0.2) is 0 Å². The number of rotatable bonds is 20. The van der Waals surface area contributed by atoms with Gasteiger partial charge in [0.05, 0.1) is 38.3 Å². The number of aliphatic hydroxyl groups is 2. The molecule has 1 aromatic rings. The Morgan fingerprint density at radius 1 is 0.515 bits per heavy atom. The molecule has 2 fully saturated rings. The maximum absolute atomic E-state index is 15.5. The first-order chi connectivity index (χ1) is 48.1. The summed E-state index contributed by atoms with van der Waals surface area (Å²) in [5, 5.41) is 33.0. The second-order valence-electron chi connectivity index (χ2n) is 31.1. The van der Waals surface area contributed by atoms with Crippen molar-refractivity contribution in [2.24, 2.45) is 41.4 Å². The summed E-state index contributed by atoms with van der Waals surface area (Å²) < 4.78 is 5.76. The number of hydrogen-bond acceptors (Lipinski definition) is 15. The first kappa shape index (κ1) is 90.2. The summed E-state index contributed by atoms with van der Waals surface area (Å²) in [5.41, 5.74) is 0.557. The molecule has 12 amide bonds. The molecule has 27 nitrogen and oxygen atoms in total. The minimum Gasteiger partial charge on any atom is -0.394 e. The molecule has 2 heterocycles. The summed E-state index contributed by atoms with van der Waals surface area (Å²) in [6.07, 6.45) is 0.749. The number of carbonyl (C=O) groups is 12. The zero-order valence-corrected chi connectivity index (χ0v) is 66.2. The average molecular weight is 1470 g/mol. The van der Waals surface area contributed by atoms with Crippen molar-refractivity contribution in [3.8, 4) is 0 Å². The predicted molar refractivity (Wildman–Crippen MR) is 395 cm³/mol. The van der Waals surface area contributed by atoms with Gasteiger partial charge >= 0.3 is 0 Å². The quantitative estimate of drug-likeness (QED) is 0.0989. The molecule has 0 aliphatic carbocycles. The molecule has 103 heavy (non-hydrogen) atoms. The lowest BCUT2D eigenvalue weighted by molar-refractivity contribution is -0.152. The Morgan fingerprint density at radius 2 is 0.971 bits per heavy atom. The van der Waals surface area contributed by atoms with Gasteiger partial charge in [0.25, 0.3) is 0 Å². The average Bonchev–Trinajstić information content (AvgIpc) is 0.816. The van der Waals surface area contributed by atoms with E-state index in [1.54, 1.807) is 29.2 Å². The standard InChI is InChI=1S/C75H127ClN12O15/c1-45(2)34-55-71(98)83(16)60(38-49(9)10)69(96)80-65(51(13)90)75(102)87(20)61(39-50(11)12)73(100)84(17)59(37-48(7)8)68(95)79-56(72(99)88-30-22-21-23-31-88)42-64(92)81(14)29-25-28-63(91)82(15)57(35-46(3)4)66(93)77-43-53(44-103-33-32-89)70(97)86(19)62(41-52-26-24-27-54(76)40-52)74(101)85(18)58(36-47(5)6)67(94)78-55/h24,26-27,40,45-51,53,55-62,65,89-90H,21-23,25,28-39,41-44H2,1-20H3,(H,77,93)(H,78,94)(H,79,95)(H,80,96)/t51-,53+,55+,56+,57+,58+,59+,60+,61+,62+,65+/m1/s1. The number of likely N-dealkylation sites (tertiary alicyclic amines) is 1. The van der Waals surface area contributed by atoms with E-state index >= 15 is 28.8 Å². The predicted octanol–water partition coefficient (Wildman–Crippen LogP) is 4.35. The molecule has 0 radical (unpaired) electrons. The number of halogens is 1. The summed E-state index contributed by atoms with van der Waals surface area (Å²) in [7, 11) is 10.1. The monoisotopic (exact) mass is 1470 g/mol. The van der Waals surface area contributed by atoms with Crippen molar-refractivity contribution in [1.82, 2.24) is 60.5 Å². The summed E-state index contributed by atoms with van der Waals surface area (Å²) in [6, 6.07) is -5.07. The Hall–Kier alpha value is -6.97. The third-order valence-corrected chi connectivity index (χ3v) is 19.5. The van der Waals surface area contributed by atoms with Crippen molar-refractivity contribution >= 4 is 82.5 Å². The van der Waals surface area contributed by atoms with Crippen molar-refractivity contribution in [2.75, 3.05) is 95.3 Å². The largest absolute Gasteiger partial charge is 0.394 e. The maximum atomic E-state index is 15.5. The first-order valence-electron chi connectivity index (χ1n) is 37.1. The van der Waals surface area contributed by atoms with Crippen molar-refractivity contribution in [1.29, 1.82) is 0 Å². The molecule has 0 aromatic heterocycles. The van der Waals surface area contributed by atoms with Crippen LogP contribution in [-0.4, -0.2) is 276 Å². The molecule has 2 saturated heterocycles. The molecule has 3 rings (SSSR count). The van der Waals surface area contributed by atoms with Crippen LogP contribution >= 0.6 is 11.6 Å². The number of aliphatic hydroxyl groups excluding tert-OH is 2. The molecule has 584 valence electrons. The number of nitrogens with zero attached hydrogens (tertiary/aromatic N) is 8. The Labute approximate surface area is 618 Å². The van der Waals surface area contributed by atoms with Crippen molar-refractivity contribution in [3.63, 3.8) is 0 Å². The van der Waals surface area contributed by atoms with Crippen LogP contribution in [0.3, 0.4) is 0 Å². The number of likely N-dealkylation sites (N-methyl/N-ethyl adjacent to an activating group) is 6. The van der Waals surface area contributed by atoms with Crippen LogP contribution in [0.2, 0.25) is 5.02 Å². The van der Waals surface area contributed by atoms with E-state index in [0.29, 0.717) is 36.5 Å². The molecule has 6 N–H and O–H groups in total. The summed E-state index contributed by atoms with van der Waals surface area (Å²) in [4.78, 5) is 189. The lowest BCUT2D eigenvalue weighted by atomic mass is 9.96. The van der Waals surface area contributed by atoms with Gasteiger partial charge in [-0.1, -0.05) is 107 Å². The van der Waals surface area contributed by atoms with Gasteiger partial charge in [0, 0.05) is 93.4 Å². The summed E-state index contributed by atoms with van der Waals surface area (Å²) >= 11 is 6.51. The second-order valence-corrected chi connectivity index (χ2v) is 31.5. The van der Waals surface area contributed by atoms with Crippen molar-refractivity contribution in [2.45, 2.75) is 234 Å². The van der Waals surface area contributed by atoms with Gasteiger partial charge < -0.3 is 75.4 Å².